The molecular formula is C16H26O2. The van der Waals surface area contributed by atoms with E-state index < -0.39 is 0 Å². The predicted molar refractivity (Wildman–Crippen MR) is 76.7 cm³/mol. The summed E-state index contributed by atoms with van der Waals surface area (Å²) in [5.41, 5.74) is 4.26. The molecule has 0 saturated heterocycles. The molecule has 0 aliphatic heterocycles. The Kier molecular flexibility index (Phi) is 5.52. The van der Waals surface area contributed by atoms with E-state index in [1.807, 2.05) is 13.8 Å². The number of hydrogen-bond acceptors (Lipinski definition) is 2. The highest BCUT2D eigenvalue weighted by molar-refractivity contribution is 5.57. The van der Waals surface area contributed by atoms with Crippen molar-refractivity contribution < 1.29 is 9.84 Å². The summed E-state index contributed by atoms with van der Waals surface area (Å²) in [6, 6.07) is 0. The molecule has 2 heteroatoms. The second-order valence-corrected chi connectivity index (χ2v) is 4.79. The molecule has 18 heavy (non-hydrogen) atoms. The monoisotopic (exact) mass is 250 g/mol. The summed E-state index contributed by atoms with van der Waals surface area (Å²) >= 11 is 0. The fraction of sp³-hybridized carbons (Fsp3) is 0.625. The molecule has 1 aromatic rings. The largest absolute Gasteiger partial charge is 0.507 e. The molecule has 0 bridgehead atoms. The predicted octanol–water partition coefficient (Wildman–Crippen LogP) is 4.31. The number of rotatable bonds is 6. The molecule has 0 heterocycles. The van der Waals surface area contributed by atoms with Crippen LogP contribution in [0, 0.1) is 13.8 Å². The Morgan fingerprint density at radius 2 is 1.44 bits per heavy atom. The average molecular weight is 250 g/mol. The fourth-order valence-corrected chi connectivity index (χ4v) is 2.49. The van der Waals surface area contributed by atoms with Gasteiger partial charge in [0.2, 0.25) is 0 Å². The zero-order valence-corrected chi connectivity index (χ0v) is 12.4. The lowest BCUT2D eigenvalue weighted by molar-refractivity contribution is 0.303. The maximum absolute atomic E-state index is 10.3. The maximum Gasteiger partial charge on any atom is 0.125 e. The number of aromatic hydroxyl groups is 1. The van der Waals surface area contributed by atoms with E-state index in [1.165, 1.54) is 0 Å². The molecule has 1 aromatic carbocycles. The highest BCUT2D eigenvalue weighted by Gasteiger charge is 2.17. The van der Waals surface area contributed by atoms with E-state index >= 15 is 0 Å². The van der Waals surface area contributed by atoms with Crippen LogP contribution < -0.4 is 4.74 Å². The summed E-state index contributed by atoms with van der Waals surface area (Å²) in [6.07, 6.45) is 3.89. The van der Waals surface area contributed by atoms with Gasteiger partial charge in [0.15, 0.2) is 0 Å². The Labute approximate surface area is 111 Å². The van der Waals surface area contributed by atoms with Crippen LogP contribution in [0.5, 0.6) is 11.5 Å². The molecule has 0 aliphatic rings. The van der Waals surface area contributed by atoms with Gasteiger partial charge in [0, 0.05) is 11.1 Å². The minimum atomic E-state index is 0.470. The molecule has 0 fully saturated rings. The summed E-state index contributed by atoms with van der Waals surface area (Å²) in [7, 11) is 0. The van der Waals surface area contributed by atoms with Gasteiger partial charge in [-0.2, -0.15) is 0 Å². The number of hydrogen-bond donors (Lipinski definition) is 1. The highest BCUT2D eigenvalue weighted by Crippen LogP contribution is 2.38. The van der Waals surface area contributed by atoms with E-state index in [1.54, 1.807) is 0 Å². The van der Waals surface area contributed by atoms with Crippen molar-refractivity contribution in [2.75, 3.05) is 6.61 Å². The Morgan fingerprint density at radius 1 is 0.944 bits per heavy atom. The third-order valence-electron chi connectivity index (χ3n) is 3.61. The average Bonchev–Trinajstić information content (AvgIpc) is 2.34. The lowest BCUT2D eigenvalue weighted by Crippen LogP contribution is -2.05. The van der Waals surface area contributed by atoms with E-state index in [9.17, 15) is 5.11 Å². The molecule has 0 aliphatic carbocycles. The van der Waals surface area contributed by atoms with Gasteiger partial charge < -0.3 is 9.84 Å². The van der Waals surface area contributed by atoms with Gasteiger partial charge in [-0.1, -0.05) is 27.2 Å². The Bertz CT molecular complexity index is 377. The second kappa shape index (κ2) is 6.67. The molecular weight excluding hydrogens is 224 g/mol. The Balaban J connectivity index is 3.23. The van der Waals surface area contributed by atoms with Gasteiger partial charge in [-0.05, 0) is 44.2 Å². The van der Waals surface area contributed by atoms with Crippen LogP contribution in [0.15, 0.2) is 0 Å². The van der Waals surface area contributed by atoms with Gasteiger partial charge in [-0.15, -0.1) is 0 Å². The molecule has 0 unspecified atom stereocenters. The number of ether oxygens (including phenoxy) is 1. The minimum Gasteiger partial charge on any atom is -0.507 e. The lowest BCUT2D eigenvalue weighted by Gasteiger charge is -2.20. The van der Waals surface area contributed by atoms with Crippen molar-refractivity contribution in [1.82, 2.24) is 0 Å². The van der Waals surface area contributed by atoms with Crippen LogP contribution in [0.25, 0.3) is 0 Å². The second-order valence-electron chi connectivity index (χ2n) is 4.79. The van der Waals surface area contributed by atoms with Crippen molar-refractivity contribution in [2.24, 2.45) is 0 Å². The number of unbranched alkanes of at least 4 members (excludes halogenated alkanes) is 1. The van der Waals surface area contributed by atoms with Gasteiger partial charge in [0.1, 0.15) is 11.5 Å². The van der Waals surface area contributed by atoms with Crippen LogP contribution in [0.3, 0.4) is 0 Å². The van der Waals surface area contributed by atoms with Crippen LogP contribution in [0.2, 0.25) is 0 Å². The minimum absolute atomic E-state index is 0.470. The third kappa shape index (κ3) is 2.80. The number of phenolic OH excluding ortho intramolecular Hbond substituents is 1. The Morgan fingerprint density at radius 3 is 1.83 bits per heavy atom. The number of benzene rings is 1. The zero-order chi connectivity index (χ0) is 13.7. The molecule has 0 radical (unpaired) electrons. The van der Waals surface area contributed by atoms with Crippen molar-refractivity contribution in [3.63, 3.8) is 0 Å². The van der Waals surface area contributed by atoms with Gasteiger partial charge in [-0.25, -0.2) is 0 Å². The molecule has 0 spiro atoms. The van der Waals surface area contributed by atoms with E-state index in [2.05, 4.69) is 20.8 Å². The fourth-order valence-electron chi connectivity index (χ4n) is 2.49. The van der Waals surface area contributed by atoms with E-state index in [-0.39, 0.29) is 0 Å². The van der Waals surface area contributed by atoms with Crippen molar-refractivity contribution in [3.8, 4) is 11.5 Å². The van der Waals surface area contributed by atoms with Crippen LogP contribution in [-0.4, -0.2) is 11.7 Å². The molecule has 1 N–H and O–H groups in total. The van der Waals surface area contributed by atoms with Gasteiger partial charge in [0.25, 0.3) is 0 Å². The first-order valence-corrected chi connectivity index (χ1v) is 7.04. The molecule has 0 aromatic heterocycles. The molecule has 1 rings (SSSR count). The summed E-state index contributed by atoms with van der Waals surface area (Å²) in [5, 5.41) is 10.3. The highest BCUT2D eigenvalue weighted by atomic mass is 16.5. The first-order chi connectivity index (χ1) is 8.58. The van der Waals surface area contributed by atoms with Crippen molar-refractivity contribution in [3.05, 3.63) is 22.3 Å². The summed E-state index contributed by atoms with van der Waals surface area (Å²) in [5.74, 6) is 1.45. The first-order valence-electron chi connectivity index (χ1n) is 7.04. The van der Waals surface area contributed by atoms with Crippen LogP contribution in [0.4, 0.5) is 0 Å². The normalized spacial score (nSPS) is 10.7. The maximum atomic E-state index is 10.3. The van der Waals surface area contributed by atoms with Gasteiger partial charge in [0.05, 0.1) is 6.61 Å². The van der Waals surface area contributed by atoms with Crippen molar-refractivity contribution in [2.45, 2.75) is 60.3 Å². The summed E-state index contributed by atoms with van der Waals surface area (Å²) in [6.45, 7) is 11.2. The van der Waals surface area contributed by atoms with Gasteiger partial charge >= 0.3 is 0 Å². The summed E-state index contributed by atoms with van der Waals surface area (Å²) < 4.78 is 5.94. The van der Waals surface area contributed by atoms with Crippen LogP contribution in [-0.2, 0) is 12.8 Å². The standard InChI is InChI=1S/C16H26O2/c1-6-9-10-18-16-11(4)13(7-2)15(17)14(8-3)12(16)5/h17H,6-10H2,1-5H3. The SMILES string of the molecule is CCCCOc1c(C)c(CC)c(O)c(CC)c1C. The van der Waals surface area contributed by atoms with E-state index in [0.29, 0.717) is 5.75 Å². The van der Waals surface area contributed by atoms with E-state index in [0.717, 1.165) is 60.3 Å². The van der Waals surface area contributed by atoms with Crippen molar-refractivity contribution >= 4 is 0 Å². The molecule has 102 valence electrons. The van der Waals surface area contributed by atoms with Crippen LogP contribution >= 0.6 is 0 Å². The quantitative estimate of drug-likeness (QED) is 0.762. The third-order valence-corrected chi connectivity index (χ3v) is 3.61. The summed E-state index contributed by atoms with van der Waals surface area (Å²) in [4.78, 5) is 0. The molecule has 2 nitrogen and oxygen atoms in total. The molecule has 0 atom stereocenters. The van der Waals surface area contributed by atoms with E-state index in [4.69, 9.17) is 4.74 Å². The van der Waals surface area contributed by atoms with Crippen LogP contribution in [0.1, 0.15) is 55.9 Å². The smallest absolute Gasteiger partial charge is 0.125 e. The first kappa shape index (κ1) is 14.9. The zero-order valence-electron chi connectivity index (χ0n) is 12.4. The van der Waals surface area contributed by atoms with Gasteiger partial charge in [-0.3, -0.25) is 0 Å². The molecule has 0 saturated carbocycles. The molecule has 0 amide bonds. The lowest BCUT2D eigenvalue weighted by atomic mass is 9.94. The number of phenols is 1. The Hall–Kier alpha value is -1.18. The topological polar surface area (TPSA) is 29.5 Å². The van der Waals surface area contributed by atoms with Crippen molar-refractivity contribution in [1.29, 1.82) is 0 Å².